The molecule has 3 atom stereocenters. The van der Waals surface area contributed by atoms with Gasteiger partial charge < -0.3 is 19.3 Å². The van der Waals surface area contributed by atoms with Crippen molar-refractivity contribution in [1.82, 2.24) is 15.0 Å². The zero-order valence-electron chi connectivity index (χ0n) is 15.4. The van der Waals surface area contributed by atoms with Gasteiger partial charge in [-0.2, -0.15) is 0 Å². The van der Waals surface area contributed by atoms with Crippen molar-refractivity contribution in [1.29, 1.82) is 0 Å². The molecule has 1 N–H and O–H groups in total. The minimum Gasteiger partial charge on any atom is -0.486 e. The number of pyridine rings is 1. The Bertz CT molecular complexity index is 727. The molecular weight excluding hydrogens is 334 g/mol. The summed E-state index contributed by atoms with van der Waals surface area (Å²) in [5.41, 5.74) is 1.81. The Morgan fingerprint density at radius 1 is 1.42 bits per heavy atom. The van der Waals surface area contributed by atoms with Gasteiger partial charge in [-0.15, -0.1) is 0 Å². The van der Waals surface area contributed by atoms with Crippen molar-refractivity contribution in [3.05, 3.63) is 41.5 Å². The van der Waals surface area contributed by atoms with Crippen molar-refractivity contribution in [3.63, 3.8) is 0 Å². The molecule has 26 heavy (non-hydrogen) atoms. The average molecular weight is 359 g/mol. The largest absolute Gasteiger partial charge is 0.486 e. The van der Waals surface area contributed by atoms with E-state index in [-0.39, 0.29) is 18.1 Å². The molecule has 2 heterocycles. The molecule has 0 bridgehead atoms. The van der Waals surface area contributed by atoms with Crippen molar-refractivity contribution in [2.24, 2.45) is 0 Å². The summed E-state index contributed by atoms with van der Waals surface area (Å²) in [5, 5.41) is 14.5. The molecule has 1 aliphatic rings. The summed E-state index contributed by atoms with van der Waals surface area (Å²) in [5.74, 6) is 1.38. The van der Waals surface area contributed by atoms with E-state index < -0.39 is 6.10 Å². The lowest BCUT2D eigenvalue weighted by molar-refractivity contribution is -0.134. The number of rotatable bonds is 6. The van der Waals surface area contributed by atoms with Crippen LogP contribution >= 0.6 is 0 Å². The number of carbonyl (C=O) groups excluding carboxylic acids is 1. The molecule has 0 radical (unpaired) electrons. The summed E-state index contributed by atoms with van der Waals surface area (Å²) >= 11 is 0. The van der Waals surface area contributed by atoms with Crippen LogP contribution in [-0.4, -0.2) is 51.4 Å². The van der Waals surface area contributed by atoms with E-state index in [2.05, 4.69) is 10.1 Å². The summed E-state index contributed by atoms with van der Waals surface area (Å²) < 4.78 is 11.0. The predicted octanol–water partition coefficient (Wildman–Crippen LogP) is 2.05. The molecule has 140 valence electrons. The number of aliphatic hydroxyl groups is 1. The van der Waals surface area contributed by atoms with Crippen LogP contribution in [0, 0.1) is 13.8 Å². The number of ether oxygens (including phenoxy) is 1. The molecule has 1 saturated carbocycles. The van der Waals surface area contributed by atoms with Crippen LogP contribution in [0.2, 0.25) is 0 Å². The summed E-state index contributed by atoms with van der Waals surface area (Å²) in [4.78, 5) is 18.2. The number of aryl methyl sites for hydroxylation is 2. The topological polar surface area (TPSA) is 88.7 Å². The van der Waals surface area contributed by atoms with Crippen molar-refractivity contribution in [3.8, 4) is 5.75 Å². The molecule has 7 heteroatoms. The Kier molecular flexibility index (Phi) is 5.56. The van der Waals surface area contributed by atoms with Crippen molar-refractivity contribution < 1.29 is 19.2 Å². The van der Waals surface area contributed by atoms with Crippen LogP contribution in [0.15, 0.2) is 29.0 Å². The number of carbonyl (C=O) groups is 1. The van der Waals surface area contributed by atoms with Crippen LogP contribution in [0.1, 0.15) is 36.3 Å². The lowest BCUT2D eigenvalue weighted by atomic mass is 10.1. The number of nitrogens with zero attached hydrogens (tertiary/aromatic N) is 3. The maximum absolute atomic E-state index is 12.6. The molecule has 0 unspecified atom stereocenters. The van der Waals surface area contributed by atoms with Gasteiger partial charge in [0.1, 0.15) is 23.7 Å². The van der Waals surface area contributed by atoms with E-state index >= 15 is 0 Å². The molecule has 1 amide bonds. The zero-order chi connectivity index (χ0) is 18.7. The SMILES string of the molecule is Cc1noc(C)c1CCC(=O)N(C)[C@@H]1CC[C@@H](Oc2cccnc2)[C@@H]1O. The Hall–Kier alpha value is -2.41. The van der Waals surface area contributed by atoms with Crippen LogP contribution in [0.3, 0.4) is 0 Å². The van der Waals surface area contributed by atoms with Gasteiger partial charge in [0.15, 0.2) is 0 Å². The van der Waals surface area contributed by atoms with Crippen molar-refractivity contribution >= 4 is 5.91 Å². The lowest BCUT2D eigenvalue weighted by Gasteiger charge is -2.29. The maximum atomic E-state index is 12.6. The van der Waals surface area contributed by atoms with Gasteiger partial charge in [0.05, 0.1) is 17.9 Å². The van der Waals surface area contributed by atoms with Gasteiger partial charge in [-0.3, -0.25) is 9.78 Å². The third kappa shape index (κ3) is 3.88. The third-order valence-electron chi connectivity index (χ3n) is 5.10. The van der Waals surface area contributed by atoms with Gasteiger partial charge in [-0.25, -0.2) is 0 Å². The average Bonchev–Trinajstić information content (AvgIpc) is 3.16. The number of likely N-dealkylation sites (N-methyl/N-ethyl adjacent to an activating group) is 1. The standard InChI is InChI=1S/C19H25N3O4/c1-12-15(13(2)26-21-12)6-9-18(23)22(3)16-7-8-17(19(16)24)25-14-5-4-10-20-11-14/h4-5,10-11,16-17,19,24H,6-9H2,1-3H3/t16-,17-,19-/m1/s1. The van der Waals surface area contributed by atoms with Crippen molar-refractivity contribution in [2.75, 3.05) is 7.05 Å². The summed E-state index contributed by atoms with van der Waals surface area (Å²) in [6.07, 6.45) is 4.59. The van der Waals surface area contributed by atoms with E-state index in [9.17, 15) is 9.90 Å². The van der Waals surface area contributed by atoms with E-state index in [4.69, 9.17) is 9.26 Å². The maximum Gasteiger partial charge on any atom is 0.222 e. The molecule has 1 aliphatic carbocycles. The molecule has 0 aromatic carbocycles. The summed E-state index contributed by atoms with van der Waals surface area (Å²) in [6, 6.07) is 3.36. The van der Waals surface area contributed by atoms with Crippen LogP contribution in [0.25, 0.3) is 0 Å². The van der Waals surface area contributed by atoms with Gasteiger partial charge in [-0.1, -0.05) is 5.16 Å². The highest BCUT2D eigenvalue weighted by molar-refractivity contribution is 5.76. The van der Waals surface area contributed by atoms with Crippen LogP contribution in [0.5, 0.6) is 5.75 Å². The Balaban J connectivity index is 1.55. The van der Waals surface area contributed by atoms with Crippen molar-refractivity contribution in [2.45, 2.75) is 57.8 Å². The quantitative estimate of drug-likeness (QED) is 0.849. The van der Waals surface area contributed by atoms with Gasteiger partial charge in [0.2, 0.25) is 5.91 Å². The smallest absolute Gasteiger partial charge is 0.222 e. The highest BCUT2D eigenvalue weighted by Crippen LogP contribution is 2.28. The fourth-order valence-corrected chi connectivity index (χ4v) is 3.52. The van der Waals surface area contributed by atoms with Gasteiger partial charge in [0.25, 0.3) is 0 Å². The Morgan fingerprint density at radius 3 is 2.88 bits per heavy atom. The fourth-order valence-electron chi connectivity index (χ4n) is 3.52. The second kappa shape index (κ2) is 7.86. The third-order valence-corrected chi connectivity index (χ3v) is 5.10. The molecule has 0 saturated heterocycles. The first-order chi connectivity index (χ1) is 12.5. The Labute approximate surface area is 153 Å². The highest BCUT2D eigenvalue weighted by Gasteiger charge is 2.40. The van der Waals surface area contributed by atoms with Gasteiger partial charge in [0, 0.05) is 25.2 Å². The summed E-state index contributed by atoms with van der Waals surface area (Å²) in [7, 11) is 1.75. The first-order valence-corrected chi connectivity index (χ1v) is 8.89. The monoisotopic (exact) mass is 359 g/mol. The first-order valence-electron chi connectivity index (χ1n) is 8.89. The van der Waals surface area contributed by atoms with Crippen LogP contribution in [0.4, 0.5) is 0 Å². The zero-order valence-corrected chi connectivity index (χ0v) is 15.4. The fraction of sp³-hybridized carbons (Fsp3) is 0.526. The molecule has 2 aromatic rings. The lowest BCUT2D eigenvalue weighted by Crippen LogP contribution is -2.45. The van der Waals surface area contributed by atoms with Gasteiger partial charge in [-0.05, 0) is 45.2 Å². The predicted molar refractivity (Wildman–Crippen MR) is 94.7 cm³/mol. The van der Waals surface area contributed by atoms with E-state index in [1.165, 1.54) is 0 Å². The molecule has 7 nitrogen and oxygen atoms in total. The molecule has 1 fully saturated rings. The number of hydrogen-bond acceptors (Lipinski definition) is 6. The van der Waals surface area contributed by atoms with E-state index in [0.29, 0.717) is 31.4 Å². The second-order valence-electron chi connectivity index (χ2n) is 6.79. The van der Waals surface area contributed by atoms with Crippen LogP contribution in [-0.2, 0) is 11.2 Å². The minimum absolute atomic E-state index is 0.00363. The molecule has 0 spiro atoms. The molecular formula is C19H25N3O4. The number of aliphatic hydroxyl groups excluding tert-OH is 1. The van der Waals surface area contributed by atoms with Gasteiger partial charge >= 0.3 is 0 Å². The number of aromatic nitrogens is 2. The summed E-state index contributed by atoms with van der Waals surface area (Å²) in [6.45, 7) is 3.73. The minimum atomic E-state index is -0.719. The number of amides is 1. The molecule has 0 aliphatic heterocycles. The van der Waals surface area contributed by atoms with Crippen LogP contribution < -0.4 is 4.74 Å². The Morgan fingerprint density at radius 2 is 2.23 bits per heavy atom. The van der Waals surface area contributed by atoms with E-state index in [1.807, 2.05) is 19.9 Å². The number of hydrogen-bond donors (Lipinski definition) is 1. The molecule has 3 rings (SSSR count). The normalized spacial score (nSPS) is 22.4. The van der Waals surface area contributed by atoms with E-state index in [1.54, 1.807) is 30.4 Å². The second-order valence-corrected chi connectivity index (χ2v) is 6.79. The molecule has 2 aromatic heterocycles. The first kappa shape index (κ1) is 18.4. The highest BCUT2D eigenvalue weighted by atomic mass is 16.5. The van der Waals surface area contributed by atoms with E-state index in [0.717, 1.165) is 17.0 Å².